The molecule has 0 aliphatic carbocycles. The van der Waals surface area contributed by atoms with Gasteiger partial charge in [0.15, 0.2) is 0 Å². The molecule has 38 heavy (non-hydrogen) atoms. The molecule has 6 nitrogen and oxygen atoms in total. The van der Waals surface area contributed by atoms with Gasteiger partial charge in [-0.25, -0.2) is 4.39 Å². The molecule has 3 aliphatic heterocycles. The molecule has 0 aromatic heterocycles. The number of anilines is 1. The Morgan fingerprint density at radius 1 is 0.868 bits per heavy atom. The number of fused-ring (bicyclic) bond motifs is 4. The molecular formula is C31H33FN4O2. The Morgan fingerprint density at radius 3 is 2.37 bits per heavy atom. The van der Waals surface area contributed by atoms with Gasteiger partial charge in [-0.15, -0.1) is 0 Å². The second-order valence-corrected chi connectivity index (χ2v) is 10.4. The van der Waals surface area contributed by atoms with E-state index in [1.807, 2.05) is 53.4 Å². The molecule has 3 aromatic rings. The number of nitrogens with one attached hydrogen (secondary N) is 1. The number of halogens is 1. The van der Waals surface area contributed by atoms with Crippen LogP contribution in [0.2, 0.25) is 0 Å². The zero-order chi connectivity index (χ0) is 26.1. The molecule has 1 N–H and O–H groups in total. The van der Waals surface area contributed by atoms with Crippen LogP contribution in [0.4, 0.5) is 10.1 Å². The first kappa shape index (κ1) is 24.6. The van der Waals surface area contributed by atoms with Crippen LogP contribution in [0.15, 0.2) is 72.8 Å². The van der Waals surface area contributed by atoms with Crippen molar-refractivity contribution in [2.75, 3.05) is 50.7 Å². The van der Waals surface area contributed by atoms with Crippen LogP contribution in [0, 0.1) is 5.82 Å². The van der Waals surface area contributed by atoms with Crippen molar-refractivity contribution in [3.05, 3.63) is 101 Å². The van der Waals surface area contributed by atoms with Crippen LogP contribution in [-0.2, 0) is 11.2 Å². The SMILES string of the molecule is O=C(NCCCN1CCN(c2ccc(F)cc2)CC1)[C@H]1c2ccccc2C(=O)N2CCc3ccccc3[C@H]12. The summed E-state index contributed by atoms with van der Waals surface area (Å²) in [6.45, 7) is 5.83. The molecule has 196 valence electrons. The molecule has 6 rings (SSSR count). The average molecular weight is 513 g/mol. The maximum Gasteiger partial charge on any atom is 0.254 e. The Bertz CT molecular complexity index is 1320. The number of rotatable bonds is 6. The standard InChI is InChI=1S/C31H33FN4O2/c32-23-10-12-24(13-11-23)35-20-18-34(19-21-35)16-5-15-33-30(37)28-26-8-3-4-9-27(26)31(38)36-17-14-22-6-1-2-7-25(22)29(28)36/h1-4,6-13,28-29H,5,14-21H2,(H,33,37)/t28-,29+/m0/s1. The van der Waals surface area contributed by atoms with Gasteiger partial charge < -0.3 is 15.1 Å². The van der Waals surface area contributed by atoms with Crippen molar-refractivity contribution >= 4 is 17.5 Å². The maximum atomic E-state index is 13.7. The molecule has 3 aliphatic rings. The summed E-state index contributed by atoms with van der Waals surface area (Å²) >= 11 is 0. The summed E-state index contributed by atoms with van der Waals surface area (Å²) in [5, 5.41) is 3.20. The van der Waals surface area contributed by atoms with Crippen LogP contribution in [-0.4, -0.2) is 67.4 Å². The highest BCUT2D eigenvalue weighted by Crippen LogP contribution is 2.45. The third-order valence-electron chi connectivity index (χ3n) is 8.23. The van der Waals surface area contributed by atoms with Crippen molar-refractivity contribution < 1.29 is 14.0 Å². The number of nitrogens with zero attached hydrogens (tertiary/aromatic N) is 3. The third kappa shape index (κ3) is 4.67. The van der Waals surface area contributed by atoms with E-state index in [2.05, 4.69) is 27.2 Å². The maximum absolute atomic E-state index is 13.7. The van der Waals surface area contributed by atoms with Crippen LogP contribution in [0.25, 0.3) is 0 Å². The third-order valence-corrected chi connectivity index (χ3v) is 8.23. The molecule has 0 unspecified atom stereocenters. The molecule has 2 amide bonds. The van der Waals surface area contributed by atoms with E-state index in [1.54, 1.807) is 0 Å². The first-order valence-corrected chi connectivity index (χ1v) is 13.6. The van der Waals surface area contributed by atoms with Crippen molar-refractivity contribution in [3.63, 3.8) is 0 Å². The molecule has 1 fully saturated rings. The smallest absolute Gasteiger partial charge is 0.254 e. The van der Waals surface area contributed by atoms with Gasteiger partial charge in [-0.3, -0.25) is 14.5 Å². The van der Waals surface area contributed by atoms with E-state index in [1.165, 1.54) is 17.7 Å². The number of piperazine rings is 1. The zero-order valence-electron chi connectivity index (χ0n) is 21.5. The molecule has 0 saturated carbocycles. The summed E-state index contributed by atoms with van der Waals surface area (Å²) in [6, 6.07) is 22.2. The van der Waals surface area contributed by atoms with E-state index < -0.39 is 5.92 Å². The number of benzene rings is 3. The zero-order valence-corrected chi connectivity index (χ0v) is 21.5. The second-order valence-electron chi connectivity index (χ2n) is 10.4. The molecule has 0 radical (unpaired) electrons. The first-order valence-electron chi connectivity index (χ1n) is 13.6. The van der Waals surface area contributed by atoms with Gasteiger partial charge in [0.2, 0.25) is 5.91 Å². The molecule has 7 heteroatoms. The largest absolute Gasteiger partial charge is 0.369 e. The Hall–Kier alpha value is -3.71. The summed E-state index contributed by atoms with van der Waals surface area (Å²) in [7, 11) is 0. The predicted octanol–water partition coefficient (Wildman–Crippen LogP) is 3.99. The molecule has 1 saturated heterocycles. The molecule has 3 aromatic carbocycles. The topological polar surface area (TPSA) is 55.9 Å². The highest BCUT2D eigenvalue weighted by Gasteiger charge is 2.46. The van der Waals surface area contributed by atoms with Crippen molar-refractivity contribution in [1.29, 1.82) is 0 Å². The second kappa shape index (κ2) is 10.6. The lowest BCUT2D eigenvalue weighted by Gasteiger charge is -2.45. The van der Waals surface area contributed by atoms with Crippen LogP contribution in [0.1, 0.15) is 45.4 Å². The minimum Gasteiger partial charge on any atom is -0.369 e. The Labute approximate surface area is 223 Å². The van der Waals surface area contributed by atoms with E-state index in [0.717, 1.165) is 62.4 Å². The Balaban J connectivity index is 1.09. The van der Waals surface area contributed by atoms with Gasteiger partial charge in [-0.05, 0) is 66.4 Å². The summed E-state index contributed by atoms with van der Waals surface area (Å²) in [6.07, 6.45) is 1.67. The summed E-state index contributed by atoms with van der Waals surface area (Å²) in [5.74, 6) is -0.635. The summed E-state index contributed by atoms with van der Waals surface area (Å²) in [5.41, 5.74) is 4.83. The number of amides is 2. The number of hydrogen-bond acceptors (Lipinski definition) is 4. The highest BCUT2D eigenvalue weighted by atomic mass is 19.1. The number of carbonyl (C=O) groups excluding carboxylic acids is 2. The minimum atomic E-state index is -0.426. The van der Waals surface area contributed by atoms with Crippen LogP contribution < -0.4 is 10.2 Å². The predicted molar refractivity (Wildman–Crippen MR) is 146 cm³/mol. The monoisotopic (exact) mass is 512 g/mol. The van der Waals surface area contributed by atoms with Gasteiger partial charge in [-0.1, -0.05) is 42.5 Å². The van der Waals surface area contributed by atoms with Gasteiger partial charge in [0.05, 0.1) is 12.0 Å². The summed E-state index contributed by atoms with van der Waals surface area (Å²) < 4.78 is 13.2. The lowest BCUT2D eigenvalue weighted by molar-refractivity contribution is -0.124. The Kier molecular flexibility index (Phi) is 6.85. The van der Waals surface area contributed by atoms with E-state index in [4.69, 9.17) is 0 Å². The lowest BCUT2D eigenvalue weighted by atomic mass is 9.76. The molecule has 3 heterocycles. The van der Waals surface area contributed by atoms with Crippen LogP contribution in [0.3, 0.4) is 0 Å². The lowest BCUT2D eigenvalue weighted by Crippen LogP contribution is -2.50. The van der Waals surface area contributed by atoms with Crippen molar-refractivity contribution in [2.24, 2.45) is 0 Å². The van der Waals surface area contributed by atoms with Crippen molar-refractivity contribution in [3.8, 4) is 0 Å². The first-order chi connectivity index (χ1) is 18.6. The summed E-state index contributed by atoms with van der Waals surface area (Å²) in [4.78, 5) is 33.7. The fraction of sp³-hybridized carbons (Fsp3) is 0.355. The van der Waals surface area contributed by atoms with E-state index in [9.17, 15) is 14.0 Å². The normalized spacial score (nSPS) is 20.9. The van der Waals surface area contributed by atoms with Crippen molar-refractivity contribution in [2.45, 2.75) is 24.8 Å². The van der Waals surface area contributed by atoms with Crippen LogP contribution >= 0.6 is 0 Å². The van der Waals surface area contributed by atoms with Gasteiger partial charge in [0, 0.05) is 50.5 Å². The molecule has 0 bridgehead atoms. The molecule has 0 spiro atoms. The molecule has 2 atom stereocenters. The van der Waals surface area contributed by atoms with Crippen LogP contribution in [0.5, 0.6) is 0 Å². The fourth-order valence-electron chi connectivity index (χ4n) is 6.26. The highest BCUT2D eigenvalue weighted by molar-refractivity contribution is 6.01. The molecular weight excluding hydrogens is 479 g/mol. The number of carbonyl (C=O) groups is 2. The minimum absolute atomic E-state index is 0.0159. The fourth-order valence-corrected chi connectivity index (χ4v) is 6.26. The van der Waals surface area contributed by atoms with Gasteiger partial charge >= 0.3 is 0 Å². The van der Waals surface area contributed by atoms with E-state index >= 15 is 0 Å². The van der Waals surface area contributed by atoms with Crippen molar-refractivity contribution in [1.82, 2.24) is 15.1 Å². The van der Waals surface area contributed by atoms with E-state index in [-0.39, 0.29) is 23.7 Å². The number of hydrogen-bond donors (Lipinski definition) is 1. The van der Waals surface area contributed by atoms with Gasteiger partial charge in [-0.2, -0.15) is 0 Å². The average Bonchev–Trinajstić information content (AvgIpc) is 2.96. The Morgan fingerprint density at radius 2 is 1.58 bits per heavy atom. The van der Waals surface area contributed by atoms with E-state index in [0.29, 0.717) is 18.7 Å². The quantitative estimate of drug-likeness (QED) is 0.508. The van der Waals surface area contributed by atoms with Gasteiger partial charge in [0.25, 0.3) is 5.91 Å². The van der Waals surface area contributed by atoms with Gasteiger partial charge in [0.1, 0.15) is 5.82 Å².